The summed E-state index contributed by atoms with van der Waals surface area (Å²) in [6, 6.07) is 0.762. The minimum Gasteiger partial charge on any atom is -0.504 e. The molecule has 16 heavy (non-hydrogen) atoms. The molecular formula is C10H10O6. The van der Waals surface area contributed by atoms with Gasteiger partial charge in [0.25, 0.3) is 0 Å². The molecule has 1 rings (SSSR count). The molecule has 0 saturated carbocycles. The third-order valence-corrected chi connectivity index (χ3v) is 1.81. The van der Waals surface area contributed by atoms with Crippen molar-refractivity contribution in [1.82, 2.24) is 0 Å². The van der Waals surface area contributed by atoms with Crippen LogP contribution >= 0.6 is 0 Å². The standard InChI is InChI=1S/C10H10O6/c1-4(11)5(2)16-10-7(13)3-6(12)8(14)9(10)15/h3,12-15H,2H2,1H3. The zero-order chi connectivity index (χ0) is 12.5. The fraction of sp³-hybridized carbons (Fsp3) is 0.100. The molecule has 86 valence electrons. The molecule has 4 N–H and O–H groups in total. The highest BCUT2D eigenvalue weighted by Gasteiger charge is 2.19. The van der Waals surface area contributed by atoms with E-state index in [2.05, 4.69) is 6.58 Å². The van der Waals surface area contributed by atoms with E-state index in [0.29, 0.717) is 0 Å². The molecule has 0 aliphatic heterocycles. The summed E-state index contributed by atoms with van der Waals surface area (Å²) < 4.78 is 4.76. The van der Waals surface area contributed by atoms with Crippen LogP contribution in [0, 0.1) is 0 Å². The van der Waals surface area contributed by atoms with Crippen molar-refractivity contribution in [2.75, 3.05) is 0 Å². The number of hydrogen-bond donors (Lipinski definition) is 4. The molecule has 6 heteroatoms. The van der Waals surface area contributed by atoms with Gasteiger partial charge in [0.15, 0.2) is 23.0 Å². The SMILES string of the molecule is C=C(Oc1c(O)cc(O)c(O)c1O)C(C)=O. The second-order valence-electron chi connectivity index (χ2n) is 3.02. The number of hydrogen-bond acceptors (Lipinski definition) is 6. The molecule has 0 atom stereocenters. The van der Waals surface area contributed by atoms with E-state index in [9.17, 15) is 15.0 Å². The molecule has 0 fully saturated rings. The smallest absolute Gasteiger partial charge is 0.214 e. The fourth-order valence-corrected chi connectivity index (χ4v) is 0.909. The number of allylic oxidation sites excluding steroid dienone is 1. The number of Topliss-reactive ketones (excluding diaryl/α,β-unsaturated/α-hetero) is 1. The van der Waals surface area contributed by atoms with Crippen LogP contribution in [0.3, 0.4) is 0 Å². The summed E-state index contributed by atoms with van der Waals surface area (Å²) in [7, 11) is 0. The van der Waals surface area contributed by atoms with Gasteiger partial charge in [0.2, 0.25) is 17.2 Å². The lowest BCUT2D eigenvalue weighted by Crippen LogP contribution is -2.03. The largest absolute Gasteiger partial charge is 0.504 e. The fourth-order valence-electron chi connectivity index (χ4n) is 0.909. The van der Waals surface area contributed by atoms with E-state index in [1.807, 2.05) is 0 Å². The van der Waals surface area contributed by atoms with Crippen molar-refractivity contribution in [2.24, 2.45) is 0 Å². The summed E-state index contributed by atoms with van der Waals surface area (Å²) in [5.41, 5.74) is 0. The van der Waals surface area contributed by atoms with Gasteiger partial charge in [-0.15, -0.1) is 0 Å². The molecule has 1 aromatic carbocycles. The predicted octanol–water partition coefficient (Wildman–Crippen LogP) is 0.990. The Kier molecular flexibility index (Phi) is 2.94. The minimum atomic E-state index is -0.875. The monoisotopic (exact) mass is 226 g/mol. The molecule has 0 radical (unpaired) electrons. The van der Waals surface area contributed by atoms with Gasteiger partial charge in [-0.1, -0.05) is 6.58 Å². The van der Waals surface area contributed by atoms with Gasteiger partial charge >= 0.3 is 0 Å². The van der Waals surface area contributed by atoms with Crippen molar-refractivity contribution in [3.8, 4) is 28.7 Å². The average Bonchev–Trinajstić information content (AvgIpc) is 2.20. The summed E-state index contributed by atoms with van der Waals surface area (Å²) >= 11 is 0. The van der Waals surface area contributed by atoms with Crippen LogP contribution in [0.25, 0.3) is 0 Å². The Hall–Kier alpha value is -2.37. The maximum Gasteiger partial charge on any atom is 0.214 e. The Morgan fingerprint density at radius 2 is 1.75 bits per heavy atom. The van der Waals surface area contributed by atoms with Crippen molar-refractivity contribution in [1.29, 1.82) is 0 Å². The van der Waals surface area contributed by atoms with E-state index < -0.39 is 34.5 Å². The van der Waals surface area contributed by atoms with Crippen molar-refractivity contribution in [3.63, 3.8) is 0 Å². The Labute approximate surface area is 90.7 Å². The molecule has 1 aromatic rings. The molecular weight excluding hydrogens is 216 g/mol. The third kappa shape index (κ3) is 2.00. The van der Waals surface area contributed by atoms with Gasteiger partial charge in [-0.3, -0.25) is 4.79 Å². The molecule has 0 aliphatic rings. The highest BCUT2D eigenvalue weighted by atomic mass is 16.5. The minimum absolute atomic E-state index is 0.323. The number of benzene rings is 1. The first-order valence-corrected chi connectivity index (χ1v) is 4.19. The van der Waals surface area contributed by atoms with E-state index in [1.165, 1.54) is 6.92 Å². The highest BCUT2D eigenvalue weighted by molar-refractivity contribution is 5.91. The Bertz CT molecular complexity index is 463. The van der Waals surface area contributed by atoms with Gasteiger partial charge in [-0.2, -0.15) is 0 Å². The quantitative estimate of drug-likeness (QED) is 0.265. The lowest BCUT2D eigenvalue weighted by atomic mass is 10.2. The first kappa shape index (κ1) is 11.7. The predicted molar refractivity (Wildman–Crippen MR) is 53.6 cm³/mol. The summed E-state index contributed by atoms with van der Waals surface area (Å²) in [4.78, 5) is 10.8. The average molecular weight is 226 g/mol. The summed E-state index contributed by atoms with van der Waals surface area (Å²) in [5.74, 6) is -4.45. The number of aromatic hydroxyl groups is 4. The zero-order valence-corrected chi connectivity index (χ0v) is 8.39. The number of rotatable bonds is 3. The molecule has 0 spiro atoms. The summed E-state index contributed by atoms with van der Waals surface area (Å²) in [6.45, 7) is 4.42. The van der Waals surface area contributed by atoms with Crippen LogP contribution in [0.1, 0.15) is 6.92 Å². The first-order chi connectivity index (χ1) is 7.34. The van der Waals surface area contributed by atoms with Crippen LogP contribution in [-0.2, 0) is 4.79 Å². The molecule has 0 unspecified atom stereocenters. The maximum absolute atomic E-state index is 10.8. The van der Waals surface area contributed by atoms with Gasteiger partial charge in [-0.05, 0) is 0 Å². The van der Waals surface area contributed by atoms with E-state index in [-0.39, 0.29) is 5.76 Å². The van der Waals surface area contributed by atoms with Crippen LogP contribution in [0.4, 0.5) is 0 Å². The number of phenols is 4. The molecule has 0 amide bonds. The number of phenolic OH excluding ortho intramolecular Hbond substituents is 4. The van der Waals surface area contributed by atoms with E-state index in [1.54, 1.807) is 0 Å². The van der Waals surface area contributed by atoms with Crippen LogP contribution in [0.5, 0.6) is 28.7 Å². The Morgan fingerprint density at radius 3 is 2.25 bits per heavy atom. The van der Waals surface area contributed by atoms with E-state index in [0.717, 1.165) is 6.07 Å². The van der Waals surface area contributed by atoms with Crippen LogP contribution in [-0.4, -0.2) is 26.2 Å². The van der Waals surface area contributed by atoms with E-state index >= 15 is 0 Å². The second-order valence-corrected chi connectivity index (χ2v) is 3.02. The lowest BCUT2D eigenvalue weighted by Gasteiger charge is -2.11. The van der Waals surface area contributed by atoms with Crippen molar-refractivity contribution < 1.29 is 30.0 Å². The van der Waals surface area contributed by atoms with Crippen LogP contribution in [0.2, 0.25) is 0 Å². The lowest BCUT2D eigenvalue weighted by molar-refractivity contribution is -0.115. The maximum atomic E-state index is 10.8. The molecule has 0 bridgehead atoms. The van der Waals surface area contributed by atoms with Crippen LogP contribution in [0.15, 0.2) is 18.4 Å². The number of carbonyl (C=O) groups is 1. The van der Waals surface area contributed by atoms with Gasteiger partial charge in [0.1, 0.15) is 0 Å². The van der Waals surface area contributed by atoms with Crippen molar-refractivity contribution >= 4 is 5.78 Å². The molecule has 0 aliphatic carbocycles. The highest BCUT2D eigenvalue weighted by Crippen LogP contribution is 2.48. The normalized spacial score (nSPS) is 9.81. The number of carbonyl (C=O) groups excluding carboxylic acids is 1. The van der Waals surface area contributed by atoms with Gasteiger partial charge in [0, 0.05) is 13.0 Å². The van der Waals surface area contributed by atoms with Gasteiger partial charge in [0.05, 0.1) is 0 Å². The topological polar surface area (TPSA) is 107 Å². The summed E-state index contributed by atoms with van der Waals surface area (Å²) in [5, 5.41) is 36.9. The zero-order valence-electron chi connectivity index (χ0n) is 8.39. The molecule has 0 saturated heterocycles. The number of ether oxygens (including phenoxy) is 1. The second kappa shape index (κ2) is 4.01. The molecule has 0 aromatic heterocycles. The molecule has 6 nitrogen and oxygen atoms in total. The third-order valence-electron chi connectivity index (χ3n) is 1.81. The van der Waals surface area contributed by atoms with Crippen molar-refractivity contribution in [2.45, 2.75) is 6.92 Å². The summed E-state index contributed by atoms with van der Waals surface area (Å²) in [6.07, 6.45) is 0. The number of ketones is 1. The first-order valence-electron chi connectivity index (χ1n) is 4.19. The van der Waals surface area contributed by atoms with Crippen LogP contribution < -0.4 is 4.74 Å². The van der Waals surface area contributed by atoms with E-state index in [4.69, 9.17) is 14.9 Å². The van der Waals surface area contributed by atoms with Crippen molar-refractivity contribution in [3.05, 3.63) is 18.4 Å². The Morgan fingerprint density at radius 1 is 1.19 bits per heavy atom. The van der Waals surface area contributed by atoms with Gasteiger partial charge in [-0.25, -0.2) is 0 Å². The Balaban J connectivity index is 3.19. The molecule has 0 heterocycles. The van der Waals surface area contributed by atoms with Gasteiger partial charge < -0.3 is 25.2 Å².